The molecule has 0 aromatic heterocycles. The van der Waals surface area contributed by atoms with E-state index in [4.69, 9.17) is 0 Å². The van der Waals surface area contributed by atoms with Gasteiger partial charge in [0.05, 0.1) is 0 Å². The monoisotopic (exact) mass is 316 g/mol. The molecule has 0 saturated carbocycles. The molecule has 0 bridgehead atoms. The van der Waals surface area contributed by atoms with Gasteiger partial charge in [-0.25, -0.2) is 13.2 Å². The van der Waals surface area contributed by atoms with Crippen molar-refractivity contribution in [3.63, 3.8) is 0 Å². The molecule has 120 valence electrons. The minimum atomic E-state index is -0.994. The largest absolute Gasteiger partial charge is 0.206 e. The van der Waals surface area contributed by atoms with Gasteiger partial charge in [0.1, 0.15) is 5.82 Å². The molecule has 0 spiro atoms. The zero-order valence-corrected chi connectivity index (χ0v) is 12.9. The third kappa shape index (κ3) is 3.19. The molecule has 0 nitrogen and oxygen atoms in total. The summed E-state index contributed by atoms with van der Waals surface area (Å²) in [5.74, 6) is -1.90. The predicted octanol–water partition coefficient (Wildman–Crippen LogP) is 5.84. The lowest BCUT2D eigenvalue weighted by Crippen LogP contribution is -2.15. The minimum Gasteiger partial charge on any atom is -0.206 e. The van der Waals surface area contributed by atoms with Crippen molar-refractivity contribution in [2.45, 2.75) is 32.1 Å². The normalized spacial score (nSPS) is 16.9. The summed E-state index contributed by atoms with van der Waals surface area (Å²) in [6, 6.07) is 7.04. The molecule has 0 radical (unpaired) electrons. The van der Waals surface area contributed by atoms with Gasteiger partial charge in [-0.15, -0.1) is 6.58 Å². The summed E-state index contributed by atoms with van der Waals surface area (Å²) >= 11 is 0. The van der Waals surface area contributed by atoms with Crippen molar-refractivity contribution in [2.24, 2.45) is 5.92 Å². The molecule has 0 N–H and O–H groups in total. The number of hydrogen-bond acceptors (Lipinski definition) is 0. The highest BCUT2D eigenvalue weighted by Crippen LogP contribution is 2.34. The number of allylic oxidation sites excluding steroid dienone is 1. The fourth-order valence-electron chi connectivity index (χ4n) is 3.37. The minimum absolute atomic E-state index is 0.0147. The van der Waals surface area contributed by atoms with Crippen LogP contribution in [0.1, 0.15) is 30.4 Å². The topological polar surface area (TPSA) is 0 Å². The smallest absolute Gasteiger partial charge is 0.166 e. The Balaban J connectivity index is 1.94. The predicted molar refractivity (Wildman–Crippen MR) is 86.7 cm³/mol. The molecule has 1 aliphatic carbocycles. The lowest BCUT2D eigenvalue weighted by atomic mass is 9.80. The second kappa shape index (κ2) is 6.61. The second-order valence-corrected chi connectivity index (χ2v) is 6.18. The van der Waals surface area contributed by atoms with E-state index in [1.165, 1.54) is 18.2 Å². The first-order valence-electron chi connectivity index (χ1n) is 7.96. The summed E-state index contributed by atoms with van der Waals surface area (Å²) in [7, 11) is 0. The highest BCUT2D eigenvalue weighted by Gasteiger charge is 2.22. The van der Waals surface area contributed by atoms with Crippen LogP contribution in [0.15, 0.2) is 43.0 Å². The Morgan fingerprint density at radius 1 is 1.04 bits per heavy atom. The molecule has 0 amide bonds. The summed E-state index contributed by atoms with van der Waals surface area (Å²) in [5, 5.41) is 0. The van der Waals surface area contributed by atoms with Gasteiger partial charge in [0.15, 0.2) is 11.6 Å². The summed E-state index contributed by atoms with van der Waals surface area (Å²) < 4.78 is 41.8. The van der Waals surface area contributed by atoms with E-state index < -0.39 is 17.5 Å². The van der Waals surface area contributed by atoms with Crippen molar-refractivity contribution in [1.29, 1.82) is 0 Å². The number of fused-ring (bicyclic) bond motifs is 1. The first-order chi connectivity index (χ1) is 11.1. The molecule has 1 atom stereocenters. The number of hydrogen-bond donors (Lipinski definition) is 0. The van der Waals surface area contributed by atoms with Gasteiger partial charge < -0.3 is 0 Å². The maximum Gasteiger partial charge on any atom is 0.166 e. The number of halogens is 3. The molecule has 1 aliphatic rings. The Morgan fingerprint density at radius 2 is 1.87 bits per heavy atom. The van der Waals surface area contributed by atoms with E-state index in [0.29, 0.717) is 5.92 Å². The zero-order valence-electron chi connectivity index (χ0n) is 12.9. The van der Waals surface area contributed by atoms with E-state index in [9.17, 15) is 13.2 Å². The van der Waals surface area contributed by atoms with Gasteiger partial charge in [-0.2, -0.15) is 0 Å². The summed E-state index contributed by atoms with van der Waals surface area (Å²) in [6.45, 7) is 3.74. The van der Waals surface area contributed by atoms with Crippen molar-refractivity contribution in [1.82, 2.24) is 0 Å². The maximum absolute atomic E-state index is 14.4. The number of benzene rings is 2. The molecule has 2 aromatic rings. The van der Waals surface area contributed by atoms with Gasteiger partial charge in [0, 0.05) is 11.1 Å². The lowest BCUT2D eigenvalue weighted by molar-refractivity contribution is 0.429. The maximum atomic E-state index is 14.4. The van der Waals surface area contributed by atoms with E-state index in [1.54, 1.807) is 6.07 Å². The molecule has 3 heteroatoms. The van der Waals surface area contributed by atoms with Gasteiger partial charge in [-0.3, -0.25) is 0 Å². The average Bonchev–Trinajstić information content (AvgIpc) is 2.55. The summed E-state index contributed by atoms with van der Waals surface area (Å²) in [4.78, 5) is 0. The standard InChI is InChI=1S/C20H19F3/c1-2-3-5-13-8-9-14-11-17(19(22)12-15(14)10-13)16-6-4-7-18(21)20(16)23/h2,4,6-7,11-13H,1,3,5,8-10H2. The van der Waals surface area contributed by atoms with Crippen molar-refractivity contribution < 1.29 is 13.2 Å². The summed E-state index contributed by atoms with van der Waals surface area (Å²) in [6.07, 6.45) is 6.66. The second-order valence-electron chi connectivity index (χ2n) is 6.18. The molecule has 2 aromatic carbocycles. The van der Waals surface area contributed by atoms with Crippen molar-refractivity contribution in [3.05, 3.63) is 71.6 Å². The highest BCUT2D eigenvalue weighted by atomic mass is 19.2. The lowest BCUT2D eigenvalue weighted by Gasteiger charge is -2.25. The van der Waals surface area contributed by atoms with E-state index in [1.807, 2.05) is 6.08 Å². The Kier molecular flexibility index (Phi) is 4.56. The van der Waals surface area contributed by atoms with Crippen LogP contribution in [0.25, 0.3) is 11.1 Å². The molecular weight excluding hydrogens is 297 g/mol. The molecule has 0 aliphatic heterocycles. The van der Waals surface area contributed by atoms with Crippen LogP contribution in [-0.2, 0) is 12.8 Å². The van der Waals surface area contributed by atoms with E-state index in [-0.39, 0.29) is 11.1 Å². The molecule has 23 heavy (non-hydrogen) atoms. The quantitative estimate of drug-likeness (QED) is 0.621. The molecule has 0 fully saturated rings. The van der Waals surface area contributed by atoms with Crippen LogP contribution >= 0.6 is 0 Å². The fraction of sp³-hybridized carbons (Fsp3) is 0.300. The summed E-state index contributed by atoms with van der Waals surface area (Å²) in [5.41, 5.74) is 2.16. The Morgan fingerprint density at radius 3 is 2.65 bits per heavy atom. The van der Waals surface area contributed by atoms with Crippen molar-refractivity contribution >= 4 is 0 Å². The van der Waals surface area contributed by atoms with Gasteiger partial charge >= 0.3 is 0 Å². The van der Waals surface area contributed by atoms with Crippen LogP contribution in [0.5, 0.6) is 0 Å². The Hall–Kier alpha value is -2.03. The van der Waals surface area contributed by atoms with E-state index >= 15 is 0 Å². The third-order valence-electron chi connectivity index (χ3n) is 4.64. The van der Waals surface area contributed by atoms with Crippen LogP contribution < -0.4 is 0 Å². The van der Waals surface area contributed by atoms with E-state index in [0.717, 1.165) is 49.3 Å². The first-order valence-corrected chi connectivity index (χ1v) is 7.96. The molecule has 0 saturated heterocycles. The van der Waals surface area contributed by atoms with Crippen molar-refractivity contribution in [2.75, 3.05) is 0 Å². The van der Waals surface area contributed by atoms with Crippen molar-refractivity contribution in [3.8, 4) is 11.1 Å². The molecular formula is C20H19F3. The average molecular weight is 316 g/mol. The SMILES string of the molecule is C=CCCC1CCc2cc(-c3cccc(F)c3F)c(F)cc2C1. The van der Waals surface area contributed by atoms with Crippen LogP contribution in [0.3, 0.4) is 0 Å². The van der Waals surface area contributed by atoms with Gasteiger partial charge in [-0.05, 0) is 67.3 Å². The number of aryl methyl sites for hydroxylation is 1. The molecule has 3 rings (SSSR count). The first kappa shape index (κ1) is 15.9. The van der Waals surface area contributed by atoms with Gasteiger partial charge in [0.25, 0.3) is 0 Å². The zero-order chi connectivity index (χ0) is 16.4. The van der Waals surface area contributed by atoms with E-state index in [2.05, 4.69) is 6.58 Å². The Labute approximate surface area is 134 Å². The van der Waals surface area contributed by atoms with Crippen LogP contribution in [0, 0.1) is 23.4 Å². The van der Waals surface area contributed by atoms with Gasteiger partial charge in [0.2, 0.25) is 0 Å². The van der Waals surface area contributed by atoms with Gasteiger partial charge in [-0.1, -0.05) is 18.2 Å². The Bertz CT molecular complexity index is 734. The molecule has 1 unspecified atom stereocenters. The third-order valence-corrected chi connectivity index (χ3v) is 4.64. The van der Waals surface area contributed by atoms with Crippen LogP contribution in [-0.4, -0.2) is 0 Å². The van der Waals surface area contributed by atoms with Crippen LogP contribution in [0.2, 0.25) is 0 Å². The molecule has 0 heterocycles. The number of rotatable bonds is 4. The highest BCUT2D eigenvalue weighted by molar-refractivity contribution is 5.66. The fourth-order valence-corrected chi connectivity index (χ4v) is 3.37. The van der Waals surface area contributed by atoms with Crippen LogP contribution in [0.4, 0.5) is 13.2 Å².